The van der Waals surface area contributed by atoms with E-state index >= 15 is 0 Å². The number of thiazole rings is 1. The second kappa shape index (κ2) is 5.71. The zero-order valence-corrected chi connectivity index (χ0v) is 12.6. The van der Waals surface area contributed by atoms with Gasteiger partial charge in [0, 0.05) is 16.8 Å². The fourth-order valence-electron chi connectivity index (χ4n) is 1.89. The van der Waals surface area contributed by atoms with Gasteiger partial charge in [0.2, 0.25) is 5.13 Å². The van der Waals surface area contributed by atoms with Crippen LogP contribution in [0.1, 0.15) is 5.56 Å². The second-order valence-corrected chi connectivity index (χ2v) is 5.71. The summed E-state index contributed by atoms with van der Waals surface area (Å²) in [6.45, 7) is 0. The number of benzene rings is 2. The minimum atomic E-state index is 0.127. The lowest BCUT2D eigenvalue weighted by molar-refractivity contribution is 0.419. The van der Waals surface area contributed by atoms with Crippen molar-refractivity contribution in [2.24, 2.45) is 4.99 Å². The zero-order valence-electron chi connectivity index (χ0n) is 11.1. The van der Waals surface area contributed by atoms with Gasteiger partial charge >= 0.3 is 0 Å². The molecule has 0 saturated heterocycles. The summed E-state index contributed by atoms with van der Waals surface area (Å²) in [6.07, 6.45) is 1.55. The number of aromatic hydroxyl groups is 1. The van der Waals surface area contributed by atoms with Gasteiger partial charge in [-0.15, -0.1) is 0 Å². The van der Waals surface area contributed by atoms with Crippen LogP contribution in [0.5, 0.6) is 11.5 Å². The normalized spacial score (nSPS) is 11.3. The number of para-hydroxylation sites is 1. The predicted octanol–water partition coefficient (Wildman–Crippen LogP) is 4.41. The van der Waals surface area contributed by atoms with Crippen LogP contribution in [0.2, 0.25) is 5.02 Å². The first-order valence-corrected chi connectivity index (χ1v) is 7.33. The molecule has 0 unspecified atom stereocenters. The molecule has 0 aliphatic heterocycles. The van der Waals surface area contributed by atoms with Crippen molar-refractivity contribution in [2.75, 3.05) is 7.11 Å². The van der Waals surface area contributed by atoms with Gasteiger partial charge in [0.25, 0.3) is 0 Å². The number of halogens is 1. The summed E-state index contributed by atoms with van der Waals surface area (Å²) in [6, 6.07) is 10.5. The molecule has 1 N–H and O–H groups in total. The molecule has 0 atom stereocenters. The number of hydrogen-bond donors (Lipinski definition) is 1. The van der Waals surface area contributed by atoms with Gasteiger partial charge in [-0.25, -0.2) is 9.98 Å². The maximum Gasteiger partial charge on any atom is 0.210 e. The standard InChI is InChI=1S/C15H11ClN2O2S/c1-20-12-3-2-4-13-14(12)18-15(21-13)17-8-9-7-10(16)5-6-11(9)19/h2-8,19H,1H3. The molecule has 2 aromatic carbocycles. The summed E-state index contributed by atoms with van der Waals surface area (Å²) in [7, 11) is 1.61. The van der Waals surface area contributed by atoms with Crippen molar-refractivity contribution in [3.63, 3.8) is 0 Å². The van der Waals surface area contributed by atoms with E-state index in [2.05, 4.69) is 9.98 Å². The highest BCUT2D eigenvalue weighted by Gasteiger charge is 2.07. The van der Waals surface area contributed by atoms with Crippen LogP contribution in [0.15, 0.2) is 41.4 Å². The van der Waals surface area contributed by atoms with Crippen molar-refractivity contribution in [3.8, 4) is 11.5 Å². The Labute approximate surface area is 130 Å². The largest absolute Gasteiger partial charge is 0.507 e. The Morgan fingerprint density at radius 3 is 3.00 bits per heavy atom. The molecule has 0 amide bonds. The van der Waals surface area contributed by atoms with E-state index < -0.39 is 0 Å². The number of phenols is 1. The molecule has 21 heavy (non-hydrogen) atoms. The van der Waals surface area contributed by atoms with Crippen LogP contribution in [0.3, 0.4) is 0 Å². The van der Waals surface area contributed by atoms with Crippen molar-refractivity contribution in [2.45, 2.75) is 0 Å². The van der Waals surface area contributed by atoms with Crippen molar-refractivity contribution >= 4 is 44.5 Å². The van der Waals surface area contributed by atoms with Gasteiger partial charge in [0.05, 0.1) is 11.8 Å². The molecule has 0 bridgehead atoms. The second-order valence-electron chi connectivity index (χ2n) is 4.26. The summed E-state index contributed by atoms with van der Waals surface area (Å²) >= 11 is 7.35. The average molecular weight is 319 g/mol. The summed E-state index contributed by atoms with van der Waals surface area (Å²) in [5.41, 5.74) is 1.33. The summed E-state index contributed by atoms with van der Waals surface area (Å²) < 4.78 is 6.27. The Bertz CT molecular complexity index is 830. The average Bonchev–Trinajstić information content (AvgIpc) is 2.91. The predicted molar refractivity (Wildman–Crippen MR) is 86.5 cm³/mol. The van der Waals surface area contributed by atoms with Crippen LogP contribution in [0.25, 0.3) is 10.2 Å². The summed E-state index contributed by atoms with van der Waals surface area (Å²) in [5.74, 6) is 0.845. The molecule has 0 radical (unpaired) electrons. The SMILES string of the molecule is COc1cccc2sc(N=Cc3cc(Cl)ccc3O)nc12. The Balaban J connectivity index is 1.98. The van der Waals surface area contributed by atoms with E-state index in [9.17, 15) is 5.11 Å². The van der Waals surface area contributed by atoms with E-state index in [1.807, 2.05) is 18.2 Å². The van der Waals surface area contributed by atoms with Gasteiger partial charge in [-0.05, 0) is 30.3 Å². The molecule has 0 aliphatic rings. The Morgan fingerprint density at radius 1 is 1.33 bits per heavy atom. The third-order valence-corrected chi connectivity index (χ3v) is 4.06. The highest BCUT2D eigenvalue weighted by molar-refractivity contribution is 7.22. The molecule has 0 aliphatic carbocycles. The fourth-order valence-corrected chi connectivity index (χ4v) is 2.89. The topological polar surface area (TPSA) is 54.7 Å². The maximum atomic E-state index is 9.75. The quantitative estimate of drug-likeness (QED) is 0.727. The van der Waals surface area contributed by atoms with Crippen molar-refractivity contribution < 1.29 is 9.84 Å². The maximum absolute atomic E-state index is 9.75. The number of aliphatic imine (C=N–C) groups is 1. The van der Waals surface area contributed by atoms with Crippen LogP contribution < -0.4 is 4.74 Å². The van der Waals surface area contributed by atoms with Crippen molar-refractivity contribution in [1.82, 2.24) is 4.98 Å². The number of aromatic nitrogens is 1. The molecule has 0 fully saturated rings. The van der Waals surface area contributed by atoms with Gasteiger partial charge in [-0.1, -0.05) is 29.0 Å². The summed E-state index contributed by atoms with van der Waals surface area (Å²) in [5, 5.41) is 10.9. The third kappa shape index (κ3) is 2.84. The number of ether oxygens (including phenoxy) is 1. The van der Waals surface area contributed by atoms with Crippen LogP contribution in [-0.2, 0) is 0 Å². The molecule has 6 heteroatoms. The monoisotopic (exact) mass is 318 g/mol. The molecule has 3 rings (SSSR count). The minimum absolute atomic E-state index is 0.127. The van der Waals surface area contributed by atoms with Gasteiger partial charge in [-0.2, -0.15) is 0 Å². The van der Waals surface area contributed by atoms with Gasteiger partial charge < -0.3 is 9.84 Å². The van der Waals surface area contributed by atoms with E-state index in [0.29, 0.717) is 15.7 Å². The lowest BCUT2D eigenvalue weighted by Gasteiger charge is -1.98. The van der Waals surface area contributed by atoms with E-state index in [0.717, 1.165) is 16.0 Å². The first-order valence-electron chi connectivity index (χ1n) is 6.13. The molecule has 4 nitrogen and oxygen atoms in total. The number of phenolic OH excluding ortho intramolecular Hbond substituents is 1. The molecule has 0 saturated carbocycles. The molecular weight excluding hydrogens is 308 g/mol. The molecule has 0 spiro atoms. The molecular formula is C15H11ClN2O2S. The third-order valence-electron chi connectivity index (χ3n) is 2.89. The first-order chi connectivity index (χ1) is 10.2. The van der Waals surface area contributed by atoms with E-state index in [1.54, 1.807) is 25.5 Å². The molecule has 3 aromatic rings. The van der Waals surface area contributed by atoms with E-state index in [4.69, 9.17) is 16.3 Å². The lowest BCUT2D eigenvalue weighted by Crippen LogP contribution is -1.83. The highest BCUT2D eigenvalue weighted by Crippen LogP contribution is 2.33. The van der Waals surface area contributed by atoms with Crippen LogP contribution in [0.4, 0.5) is 5.13 Å². The number of hydrogen-bond acceptors (Lipinski definition) is 5. The van der Waals surface area contributed by atoms with Crippen LogP contribution in [-0.4, -0.2) is 23.4 Å². The van der Waals surface area contributed by atoms with E-state index in [1.165, 1.54) is 17.4 Å². The lowest BCUT2D eigenvalue weighted by atomic mass is 10.2. The Kier molecular flexibility index (Phi) is 3.77. The van der Waals surface area contributed by atoms with Gasteiger partial charge in [0.15, 0.2) is 0 Å². The van der Waals surface area contributed by atoms with Gasteiger partial charge in [0.1, 0.15) is 17.0 Å². The van der Waals surface area contributed by atoms with Crippen LogP contribution in [0, 0.1) is 0 Å². The fraction of sp³-hybridized carbons (Fsp3) is 0.0667. The minimum Gasteiger partial charge on any atom is -0.507 e. The number of rotatable bonds is 3. The Morgan fingerprint density at radius 2 is 2.19 bits per heavy atom. The molecule has 1 heterocycles. The number of methoxy groups -OCH3 is 1. The molecule has 106 valence electrons. The zero-order chi connectivity index (χ0) is 14.8. The smallest absolute Gasteiger partial charge is 0.210 e. The van der Waals surface area contributed by atoms with E-state index in [-0.39, 0.29) is 5.75 Å². The van der Waals surface area contributed by atoms with Crippen molar-refractivity contribution in [3.05, 3.63) is 47.0 Å². The van der Waals surface area contributed by atoms with Gasteiger partial charge in [-0.3, -0.25) is 0 Å². The first kappa shape index (κ1) is 13.9. The van der Waals surface area contributed by atoms with Crippen molar-refractivity contribution in [1.29, 1.82) is 0 Å². The van der Waals surface area contributed by atoms with Crippen LogP contribution >= 0.6 is 22.9 Å². The number of nitrogens with zero attached hydrogens (tertiary/aromatic N) is 2. The summed E-state index contributed by atoms with van der Waals surface area (Å²) in [4.78, 5) is 8.73. The highest BCUT2D eigenvalue weighted by atomic mass is 35.5. The molecule has 1 aromatic heterocycles. The Hall–Kier alpha value is -2.11. The number of fused-ring (bicyclic) bond motifs is 1.